The lowest BCUT2D eigenvalue weighted by molar-refractivity contribution is -0.133. The molecular formula is C22H22ClN5O2S. The zero-order valence-corrected chi connectivity index (χ0v) is 17.6. The van der Waals surface area contributed by atoms with Crippen LogP contribution < -0.4 is 5.69 Å². The maximum Gasteiger partial charge on any atom is 0.352 e. The highest BCUT2D eigenvalue weighted by Crippen LogP contribution is 2.38. The molecule has 3 aromatic heterocycles. The summed E-state index contributed by atoms with van der Waals surface area (Å²) in [6, 6.07) is 7.51. The molecule has 31 heavy (non-hydrogen) atoms. The number of benzene rings is 1. The third-order valence-electron chi connectivity index (χ3n) is 5.96. The van der Waals surface area contributed by atoms with Crippen LogP contribution in [0.2, 0.25) is 5.02 Å². The van der Waals surface area contributed by atoms with Crippen molar-refractivity contribution in [3.05, 3.63) is 62.1 Å². The number of thiophene rings is 1. The molecule has 1 aromatic carbocycles. The Hall–Kier alpha value is -2.71. The maximum atomic E-state index is 13.2. The molecular weight excluding hydrogens is 434 g/mol. The number of carbonyl (C=O) groups excluding carboxylic acids is 1. The van der Waals surface area contributed by atoms with Crippen molar-refractivity contribution in [1.82, 2.24) is 24.1 Å². The highest BCUT2D eigenvalue weighted by Gasteiger charge is 2.36. The second kappa shape index (κ2) is 7.46. The largest absolute Gasteiger partial charge is 0.352 e. The van der Waals surface area contributed by atoms with Crippen molar-refractivity contribution >= 4 is 44.7 Å². The molecule has 1 aliphatic carbocycles. The molecule has 1 fully saturated rings. The van der Waals surface area contributed by atoms with E-state index in [4.69, 9.17) is 11.6 Å². The molecule has 0 N–H and O–H groups in total. The van der Waals surface area contributed by atoms with Gasteiger partial charge in [0.15, 0.2) is 5.65 Å². The third-order valence-corrected chi connectivity index (χ3v) is 7.45. The summed E-state index contributed by atoms with van der Waals surface area (Å²) < 4.78 is 3.14. The minimum absolute atomic E-state index is 0. The molecule has 2 aliphatic rings. The van der Waals surface area contributed by atoms with Crippen LogP contribution in [0, 0.1) is 5.92 Å². The second-order valence-corrected chi connectivity index (χ2v) is 9.48. The normalized spacial score (nSPS) is 15.8. The van der Waals surface area contributed by atoms with Gasteiger partial charge in [-0.1, -0.05) is 31.2 Å². The van der Waals surface area contributed by atoms with Gasteiger partial charge in [0.25, 0.3) is 0 Å². The highest BCUT2D eigenvalue weighted by molar-refractivity contribution is 7.19. The summed E-state index contributed by atoms with van der Waals surface area (Å²) in [4.78, 5) is 34.2. The fourth-order valence-corrected chi connectivity index (χ4v) is 5.73. The standard InChI is InChI=1S/C21H18ClN5O2S.CH4/c22-14-5-1-12(2-6-14)9-26-20-17(18-23-11-24-27(18)21(26)29)15-7-8-25(10-16(15)30-20)19(28)13-3-4-13;/h1-2,5-6,11,13H,3-4,7-10H2;1H4. The van der Waals surface area contributed by atoms with Crippen LogP contribution in [0.4, 0.5) is 0 Å². The molecule has 0 bridgehead atoms. The van der Waals surface area contributed by atoms with E-state index in [0.29, 0.717) is 30.3 Å². The Morgan fingerprint density at radius 3 is 2.74 bits per heavy atom. The van der Waals surface area contributed by atoms with Gasteiger partial charge in [-0.25, -0.2) is 9.78 Å². The monoisotopic (exact) mass is 455 g/mol. The molecule has 6 rings (SSSR count). The first-order valence-corrected chi connectivity index (χ1v) is 11.2. The van der Waals surface area contributed by atoms with E-state index in [1.165, 1.54) is 16.4 Å². The van der Waals surface area contributed by atoms with Crippen molar-refractivity contribution in [2.45, 2.75) is 39.8 Å². The van der Waals surface area contributed by atoms with Gasteiger partial charge in [0.05, 0.1) is 18.5 Å². The first kappa shape index (κ1) is 20.2. The molecule has 0 radical (unpaired) electrons. The molecule has 1 amide bonds. The first-order valence-electron chi connectivity index (χ1n) is 10.00. The molecule has 1 saturated carbocycles. The summed E-state index contributed by atoms with van der Waals surface area (Å²) in [5.74, 6) is 0.483. The lowest BCUT2D eigenvalue weighted by Gasteiger charge is -2.27. The van der Waals surface area contributed by atoms with Crippen LogP contribution in [0.1, 0.15) is 36.3 Å². The smallest absolute Gasteiger partial charge is 0.337 e. The zero-order chi connectivity index (χ0) is 20.4. The predicted octanol–water partition coefficient (Wildman–Crippen LogP) is 3.74. The average molecular weight is 456 g/mol. The molecule has 1 aliphatic heterocycles. The van der Waals surface area contributed by atoms with Gasteiger partial charge in [-0.2, -0.15) is 9.61 Å². The summed E-state index contributed by atoms with van der Waals surface area (Å²) in [5.41, 5.74) is 2.56. The number of hydrogen-bond donors (Lipinski definition) is 0. The quantitative estimate of drug-likeness (QED) is 0.471. The Labute approximate surface area is 187 Å². The Bertz CT molecular complexity index is 1370. The molecule has 7 nitrogen and oxygen atoms in total. The maximum absolute atomic E-state index is 13.2. The summed E-state index contributed by atoms with van der Waals surface area (Å²) in [7, 11) is 0. The number of fused-ring (bicyclic) bond motifs is 5. The Balaban J connectivity index is 0.00000204. The number of carbonyl (C=O) groups is 1. The van der Waals surface area contributed by atoms with Gasteiger partial charge in [-0.3, -0.25) is 9.36 Å². The van der Waals surface area contributed by atoms with Crippen LogP contribution in [0.3, 0.4) is 0 Å². The minimum atomic E-state index is -0.213. The van der Waals surface area contributed by atoms with Crippen LogP contribution in [0.15, 0.2) is 35.4 Å². The first-order chi connectivity index (χ1) is 14.6. The molecule has 0 saturated heterocycles. The lowest BCUT2D eigenvalue weighted by Crippen LogP contribution is -2.36. The summed E-state index contributed by atoms with van der Waals surface area (Å²) in [6.45, 7) is 1.75. The van der Waals surface area contributed by atoms with Crippen LogP contribution in [-0.2, 0) is 24.3 Å². The van der Waals surface area contributed by atoms with Gasteiger partial charge in [-0.15, -0.1) is 11.3 Å². The van der Waals surface area contributed by atoms with Crippen LogP contribution >= 0.6 is 22.9 Å². The summed E-state index contributed by atoms with van der Waals surface area (Å²) >= 11 is 7.61. The van der Waals surface area contributed by atoms with Gasteiger partial charge in [0, 0.05) is 22.4 Å². The molecule has 0 atom stereocenters. The van der Waals surface area contributed by atoms with Crippen LogP contribution in [0.5, 0.6) is 0 Å². The van der Waals surface area contributed by atoms with Crippen molar-refractivity contribution in [3.63, 3.8) is 0 Å². The molecule has 0 unspecified atom stereocenters. The van der Waals surface area contributed by atoms with E-state index in [0.717, 1.165) is 39.9 Å². The van der Waals surface area contributed by atoms with Crippen molar-refractivity contribution in [1.29, 1.82) is 0 Å². The highest BCUT2D eigenvalue weighted by atomic mass is 35.5. The Morgan fingerprint density at radius 1 is 1.23 bits per heavy atom. The van der Waals surface area contributed by atoms with Gasteiger partial charge < -0.3 is 4.90 Å². The third kappa shape index (κ3) is 3.25. The molecule has 4 aromatic rings. The SMILES string of the molecule is C.O=C(C1CC1)N1CCc2c(sc3c2c2ncnn2c(=O)n3Cc2ccc(Cl)cc2)C1. The number of halogens is 1. The van der Waals surface area contributed by atoms with Crippen molar-refractivity contribution in [3.8, 4) is 0 Å². The van der Waals surface area contributed by atoms with E-state index in [9.17, 15) is 9.59 Å². The van der Waals surface area contributed by atoms with E-state index in [1.807, 2.05) is 29.2 Å². The van der Waals surface area contributed by atoms with Gasteiger partial charge in [-0.05, 0) is 42.5 Å². The topological polar surface area (TPSA) is 72.5 Å². The molecule has 0 spiro atoms. The number of nitrogens with zero attached hydrogens (tertiary/aromatic N) is 5. The van der Waals surface area contributed by atoms with E-state index < -0.39 is 0 Å². The van der Waals surface area contributed by atoms with Crippen molar-refractivity contribution in [2.24, 2.45) is 5.92 Å². The minimum Gasteiger partial charge on any atom is -0.337 e. The average Bonchev–Trinajstić information content (AvgIpc) is 3.36. The number of rotatable bonds is 3. The van der Waals surface area contributed by atoms with Gasteiger partial charge >= 0.3 is 5.69 Å². The summed E-state index contributed by atoms with van der Waals surface area (Å²) in [6.07, 6.45) is 4.22. The Morgan fingerprint density at radius 2 is 2.00 bits per heavy atom. The van der Waals surface area contributed by atoms with E-state index in [2.05, 4.69) is 10.1 Å². The Kier molecular flexibility index (Phi) is 4.86. The van der Waals surface area contributed by atoms with Gasteiger partial charge in [0.2, 0.25) is 5.91 Å². The number of amides is 1. The second-order valence-electron chi connectivity index (χ2n) is 7.96. The molecule has 160 valence electrons. The van der Waals surface area contributed by atoms with E-state index in [-0.39, 0.29) is 24.9 Å². The number of aromatic nitrogens is 4. The van der Waals surface area contributed by atoms with E-state index >= 15 is 0 Å². The van der Waals surface area contributed by atoms with Crippen LogP contribution in [0.25, 0.3) is 15.9 Å². The fraction of sp³-hybridized carbons (Fsp3) is 0.364. The molecule has 9 heteroatoms. The molecule has 4 heterocycles. The zero-order valence-electron chi connectivity index (χ0n) is 16.0. The lowest BCUT2D eigenvalue weighted by atomic mass is 10.0. The van der Waals surface area contributed by atoms with Crippen LogP contribution in [-0.4, -0.2) is 36.5 Å². The van der Waals surface area contributed by atoms with Gasteiger partial charge in [0.1, 0.15) is 11.2 Å². The summed E-state index contributed by atoms with van der Waals surface area (Å²) in [5, 5.41) is 5.83. The van der Waals surface area contributed by atoms with Crippen molar-refractivity contribution in [2.75, 3.05) is 6.54 Å². The number of hydrogen-bond acceptors (Lipinski definition) is 5. The predicted molar refractivity (Wildman–Crippen MR) is 122 cm³/mol. The fourth-order valence-electron chi connectivity index (χ4n) is 4.25. The van der Waals surface area contributed by atoms with E-state index in [1.54, 1.807) is 15.9 Å². The van der Waals surface area contributed by atoms with Crippen molar-refractivity contribution < 1.29 is 4.79 Å².